The van der Waals surface area contributed by atoms with E-state index < -0.39 is 0 Å². The van der Waals surface area contributed by atoms with E-state index in [0.717, 1.165) is 22.2 Å². The molecule has 0 spiro atoms. The molecule has 1 aliphatic rings. The first-order valence-electron chi connectivity index (χ1n) is 7.72. The fourth-order valence-electron chi connectivity index (χ4n) is 3.13. The Morgan fingerprint density at radius 3 is 2.92 bits per heavy atom. The second-order valence-electron chi connectivity index (χ2n) is 5.61. The highest BCUT2D eigenvalue weighted by Gasteiger charge is 2.30. The van der Waals surface area contributed by atoms with Gasteiger partial charge in [-0.25, -0.2) is 0 Å². The van der Waals surface area contributed by atoms with Gasteiger partial charge < -0.3 is 10.4 Å². The van der Waals surface area contributed by atoms with Gasteiger partial charge in [-0.1, -0.05) is 11.6 Å². The number of benzene rings is 1. The minimum Gasteiger partial charge on any atom is -0.395 e. The Morgan fingerprint density at radius 1 is 1.21 bits per heavy atom. The predicted octanol–water partition coefficient (Wildman–Crippen LogP) is 1.88. The molecule has 0 atom stereocenters. The maximum Gasteiger partial charge on any atom is 0.197 e. The minimum atomic E-state index is -0.112. The van der Waals surface area contributed by atoms with Crippen molar-refractivity contribution in [3.63, 3.8) is 0 Å². The molecule has 122 valence electrons. The zero-order chi connectivity index (χ0) is 16.7. The van der Waals surface area contributed by atoms with E-state index in [-0.39, 0.29) is 12.4 Å². The molecular weight excluding hydrogens is 328 g/mol. The number of fused-ring (bicyclic) bond motifs is 2. The Bertz CT molecular complexity index is 951. The summed E-state index contributed by atoms with van der Waals surface area (Å²) in [7, 11) is 0. The lowest BCUT2D eigenvalue weighted by Gasteiger charge is -2.14. The van der Waals surface area contributed by atoms with Gasteiger partial charge in [0.2, 0.25) is 0 Å². The van der Waals surface area contributed by atoms with Crippen molar-refractivity contribution in [2.24, 2.45) is 0 Å². The second-order valence-corrected chi connectivity index (χ2v) is 6.02. The van der Waals surface area contributed by atoms with Gasteiger partial charge in [0, 0.05) is 36.4 Å². The summed E-state index contributed by atoms with van der Waals surface area (Å²) in [5.74, 6) is -0.112. The van der Waals surface area contributed by atoms with Crippen LogP contribution in [-0.2, 0) is 6.54 Å². The van der Waals surface area contributed by atoms with E-state index >= 15 is 0 Å². The Kier molecular flexibility index (Phi) is 3.80. The van der Waals surface area contributed by atoms with Crippen molar-refractivity contribution in [1.29, 1.82) is 0 Å². The van der Waals surface area contributed by atoms with Crippen LogP contribution in [0.15, 0.2) is 30.6 Å². The van der Waals surface area contributed by atoms with Crippen LogP contribution >= 0.6 is 11.6 Å². The number of hydrogen-bond acceptors (Lipinski definition) is 5. The molecular formula is C17H15ClN4O2. The molecule has 0 radical (unpaired) electrons. The van der Waals surface area contributed by atoms with Gasteiger partial charge in [-0.15, -0.1) is 0 Å². The average Bonchev–Trinajstić information content (AvgIpc) is 2.97. The molecule has 0 bridgehead atoms. The van der Waals surface area contributed by atoms with Crippen LogP contribution in [0.25, 0.3) is 22.2 Å². The zero-order valence-corrected chi connectivity index (χ0v) is 13.5. The first kappa shape index (κ1) is 15.3. The van der Waals surface area contributed by atoms with Gasteiger partial charge in [-0.05, 0) is 18.2 Å². The van der Waals surface area contributed by atoms with Gasteiger partial charge in [0.1, 0.15) is 5.69 Å². The number of halogens is 1. The number of carbonyl (C=O) groups is 1. The number of aromatic nitrogens is 3. The van der Waals surface area contributed by atoms with Gasteiger partial charge in [0.15, 0.2) is 5.78 Å². The summed E-state index contributed by atoms with van der Waals surface area (Å²) in [4.78, 5) is 16.9. The average molecular weight is 343 g/mol. The van der Waals surface area contributed by atoms with Crippen molar-refractivity contribution in [2.75, 3.05) is 19.7 Å². The van der Waals surface area contributed by atoms with Gasteiger partial charge >= 0.3 is 0 Å². The van der Waals surface area contributed by atoms with E-state index in [9.17, 15) is 4.79 Å². The first-order chi connectivity index (χ1) is 11.7. The number of nitrogens with one attached hydrogen (secondary N) is 1. The topological polar surface area (TPSA) is 80.0 Å². The molecule has 1 aliphatic carbocycles. The van der Waals surface area contributed by atoms with Crippen LogP contribution in [0.4, 0.5) is 0 Å². The molecule has 4 rings (SSSR count). The highest BCUT2D eigenvalue weighted by molar-refractivity contribution is 6.39. The summed E-state index contributed by atoms with van der Waals surface area (Å²) in [6.07, 6.45) is 3.23. The first-order valence-corrected chi connectivity index (χ1v) is 8.10. The number of carbonyl (C=O) groups excluding carboxylic acids is 1. The molecule has 0 saturated carbocycles. The smallest absolute Gasteiger partial charge is 0.197 e. The van der Waals surface area contributed by atoms with E-state index in [1.54, 1.807) is 18.5 Å². The van der Waals surface area contributed by atoms with E-state index in [4.69, 9.17) is 21.8 Å². The van der Waals surface area contributed by atoms with Gasteiger partial charge in [-0.2, -0.15) is 5.10 Å². The largest absolute Gasteiger partial charge is 0.395 e. The molecule has 2 N–H and O–H groups in total. The highest BCUT2D eigenvalue weighted by atomic mass is 35.5. The number of aliphatic hydroxyl groups is 1. The molecule has 2 heterocycles. The van der Waals surface area contributed by atoms with Crippen molar-refractivity contribution in [1.82, 2.24) is 20.1 Å². The number of hydrogen-bond donors (Lipinski definition) is 2. The van der Waals surface area contributed by atoms with Gasteiger partial charge in [0.25, 0.3) is 0 Å². The van der Waals surface area contributed by atoms with Crippen LogP contribution in [0.1, 0.15) is 15.9 Å². The third-order valence-electron chi connectivity index (χ3n) is 4.20. The molecule has 7 heteroatoms. The maximum atomic E-state index is 12.8. The summed E-state index contributed by atoms with van der Waals surface area (Å²) >= 11 is 6.31. The molecule has 0 fully saturated rings. The van der Waals surface area contributed by atoms with Crippen LogP contribution in [0, 0.1) is 0 Å². The summed E-state index contributed by atoms with van der Waals surface area (Å²) in [5, 5.41) is 17.9. The lowest BCUT2D eigenvalue weighted by atomic mass is 9.89. The number of pyridine rings is 1. The van der Waals surface area contributed by atoms with Gasteiger partial charge in [0.05, 0.1) is 34.8 Å². The van der Waals surface area contributed by atoms with Crippen molar-refractivity contribution in [2.45, 2.75) is 6.54 Å². The number of aliphatic hydroxyl groups excluding tert-OH is 1. The van der Waals surface area contributed by atoms with Crippen molar-refractivity contribution in [3.05, 3.63) is 46.7 Å². The van der Waals surface area contributed by atoms with Crippen LogP contribution in [-0.4, -0.2) is 45.4 Å². The third-order valence-corrected chi connectivity index (χ3v) is 4.52. The van der Waals surface area contributed by atoms with E-state index in [1.165, 1.54) is 0 Å². The molecule has 6 nitrogen and oxygen atoms in total. The Hall–Kier alpha value is -2.28. The van der Waals surface area contributed by atoms with Crippen molar-refractivity contribution in [3.8, 4) is 11.3 Å². The van der Waals surface area contributed by atoms with Crippen molar-refractivity contribution < 1.29 is 9.90 Å². The lowest BCUT2D eigenvalue weighted by Crippen LogP contribution is -2.23. The molecule has 3 aromatic rings. The van der Waals surface area contributed by atoms with E-state index in [2.05, 4.69) is 10.3 Å². The monoisotopic (exact) mass is 342 g/mol. The quantitative estimate of drug-likeness (QED) is 0.541. The zero-order valence-electron chi connectivity index (χ0n) is 12.8. The Labute approximate surface area is 143 Å². The highest BCUT2D eigenvalue weighted by Crippen LogP contribution is 2.41. The number of ketones is 1. The summed E-state index contributed by atoms with van der Waals surface area (Å²) < 4.78 is 1.87. The SMILES string of the molecule is O=C1c2cnccc2-c2nn(CCNCCO)c3ccc(Cl)c1c23. The predicted molar refractivity (Wildman–Crippen MR) is 91.4 cm³/mol. The fourth-order valence-corrected chi connectivity index (χ4v) is 3.38. The van der Waals surface area contributed by atoms with E-state index in [0.29, 0.717) is 35.8 Å². The van der Waals surface area contributed by atoms with Crippen LogP contribution in [0.5, 0.6) is 0 Å². The molecule has 1 aromatic carbocycles. The summed E-state index contributed by atoms with van der Waals surface area (Å²) in [5.41, 5.74) is 3.46. The minimum absolute atomic E-state index is 0.0970. The lowest BCUT2D eigenvalue weighted by molar-refractivity contribution is 0.104. The molecule has 0 aliphatic heterocycles. The van der Waals surface area contributed by atoms with Crippen molar-refractivity contribution >= 4 is 28.3 Å². The van der Waals surface area contributed by atoms with Crippen LogP contribution in [0.3, 0.4) is 0 Å². The Morgan fingerprint density at radius 2 is 2.08 bits per heavy atom. The fraction of sp³-hybridized carbons (Fsp3) is 0.235. The summed E-state index contributed by atoms with van der Waals surface area (Å²) in [6.45, 7) is 1.94. The summed E-state index contributed by atoms with van der Waals surface area (Å²) in [6, 6.07) is 5.44. The van der Waals surface area contributed by atoms with E-state index in [1.807, 2.05) is 16.8 Å². The maximum absolute atomic E-state index is 12.8. The third kappa shape index (κ3) is 2.23. The standard InChI is InChI=1S/C17H15ClN4O2/c18-12-1-2-13-15-14(12)17(24)11-9-20-4-3-10(11)16(15)21-22(13)7-5-19-6-8-23/h1-4,9,19,23H,5-8H2. The molecule has 0 amide bonds. The number of rotatable bonds is 5. The Balaban J connectivity index is 1.89. The second kappa shape index (κ2) is 5.98. The van der Waals surface area contributed by atoms with Crippen LogP contribution < -0.4 is 5.32 Å². The molecule has 0 saturated heterocycles. The molecule has 24 heavy (non-hydrogen) atoms. The molecule has 0 unspecified atom stereocenters. The number of nitrogens with zero attached hydrogens (tertiary/aromatic N) is 3. The molecule has 2 aromatic heterocycles. The van der Waals surface area contributed by atoms with Crippen LogP contribution in [0.2, 0.25) is 5.02 Å². The normalized spacial score (nSPS) is 12.7. The van der Waals surface area contributed by atoms with Gasteiger partial charge in [-0.3, -0.25) is 14.5 Å².